The minimum Gasteiger partial charge on any atom is -0.207 e. The van der Waals surface area contributed by atoms with E-state index in [4.69, 9.17) is 0 Å². The van der Waals surface area contributed by atoms with Crippen LogP contribution in [0.3, 0.4) is 0 Å². The molecule has 0 aliphatic rings. The van der Waals surface area contributed by atoms with Crippen LogP contribution in [0.4, 0.5) is 13.2 Å². The Bertz CT molecular complexity index is 480. The van der Waals surface area contributed by atoms with Gasteiger partial charge in [-0.25, -0.2) is 13.2 Å². The summed E-state index contributed by atoms with van der Waals surface area (Å²) < 4.78 is 37.4. The van der Waals surface area contributed by atoms with Gasteiger partial charge in [0.1, 0.15) is 17.5 Å². The van der Waals surface area contributed by atoms with Crippen LogP contribution in [0.25, 0.3) is 0 Å². The van der Waals surface area contributed by atoms with Crippen molar-refractivity contribution < 1.29 is 13.2 Å². The first-order valence-corrected chi connectivity index (χ1v) is 6.10. The molecule has 0 spiro atoms. The summed E-state index contributed by atoms with van der Waals surface area (Å²) in [6.45, 7) is 0. The van der Waals surface area contributed by atoms with Crippen molar-refractivity contribution in [3.05, 3.63) is 68.9 Å². The maximum atomic E-state index is 12.3. The molecule has 0 aliphatic heterocycles. The van der Waals surface area contributed by atoms with Crippen LogP contribution in [0.15, 0.2) is 51.4 Å². The first-order chi connectivity index (χ1) is 8.00. The Morgan fingerprint density at radius 1 is 0.706 bits per heavy atom. The standard InChI is InChI=1S/C6H3BrF2.C6H4BrF/c7-5-2-1-4(8)3-6(5)9;7-5-3-1-2-4-6(5)8/h1-3H;1-4H. The molecule has 17 heavy (non-hydrogen) atoms. The molecule has 2 aromatic rings. The van der Waals surface area contributed by atoms with Crippen LogP contribution in [-0.4, -0.2) is 0 Å². The van der Waals surface area contributed by atoms with Crippen molar-refractivity contribution >= 4 is 31.9 Å². The van der Waals surface area contributed by atoms with E-state index in [1.807, 2.05) is 0 Å². The molecule has 5 heteroatoms. The van der Waals surface area contributed by atoms with E-state index >= 15 is 0 Å². The Hall–Kier alpha value is -0.810. The SMILES string of the molecule is Fc1ccc(Br)c(F)c1.Fc1ccccc1Br. The zero-order valence-electron chi connectivity index (χ0n) is 8.43. The Kier molecular flexibility index (Phi) is 5.71. The van der Waals surface area contributed by atoms with Crippen molar-refractivity contribution in [2.24, 2.45) is 0 Å². The predicted octanol–water partition coefficient (Wildman–Crippen LogP) is 5.32. The zero-order chi connectivity index (χ0) is 12.8. The van der Waals surface area contributed by atoms with Gasteiger partial charge in [-0.1, -0.05) is 12.1 Å². The van der Waals surface area contributed by atoms with Crippen molar-refractivity contribution in [3.8, 4) is 0 Å². The summed E-state index contributed by atoms with van der Waals surface area (Å²) in [5.41, 5.74) is 0. The van der Waals surface area contributed by atoms with E-state index in [9.17, 15) is 13.2 Å². The van der Waals surface area contributed by atoms with Crippen LogP contribution < -0.4 is 0 Å². The molecule has 0 fully saturated rings. The normalized spacial score (nSPS) is 9.47. The van der Waals surface area contributed by atoms with Crippen LogP contribution in [0.1, 0.15) is 0 Å². The van der Waals surface area contributed by atoms with Gasteiger partial charge in [-0.3, -0.25) is 0 Å². The molecule has 2 rings (SSSR count). The average molecular weight is 368 g/mol. The smallest absolute Gasteiger partial charge is 0.140 e. The maximum absolute atomic E-state index is 12.3. The summed E-state index contributed by atoms with van der Waals surface area (Å²) in [5.74, 6) is -1.35. The summed E-state index contributed by atoms with van der Waals surface area (Å²) in [7, 11) is 0. The van der Waals surface area contributed by atoms with E-state index in [0.717, 1.165) is 6.07 Å². The summed E-state index contributed by atoms with van der Waals surface area (Å²) in [6.07, 6.45) is 0. The molecule has 0 nitrogen and oxygen atoms in total. The lowest BCUT2D eigenvalue weighted by molar-refractivity contribution is 0.579. The van der Waals surface area contributed by atoms with E-state index in [2.05, 4.69) is 31.9 Å². The third-order valence-electron chi connectivity index (χ3n) is 1.71. The van der Waals surface area contributed by atoms with E-state index in [1.165, 1.54) is 18.2 Å². The molecule has 0 amide bonds. The van der Waals surface area contributed by atoms with Gasteiger partial charge >= 0.3 is 0 Å². The van der Waals surface area contributed by atoms with Crippen molar-refractivity contribution in [3.63, 3.8) is 0 Å². The number of rotatable bonds is 0. The molecule has 0 radical (unpaired) electrons. The van der Waals surface area contributed by atoms with E-state index < -0.39 is 11.6 Å². The van der Waals surface area contributed by atoms with Gasteiger partial charge in [-0.15, -0.1) is 0 Å². The first-order valence-electron chi connectivity index (χ1n) is 4.51. The fourth-order valence-electron chi connectivity index (χ4n) is 0.910. The van der Waals surface area contributed by atoms with Gasteiger partial charge < -0.3 is 0 Å². The highest BCUT2D eigenvalue weighted by molar-refractivity contribution is 9.10. The maximum Gasteiger partial charge on any atom is 0.140 e. The molecule has 0 atom stereocenters. The molecule has 2 aromatic carbocycles. The molecule has 0 heterocycles. The second kappa shape index (κ2) is 6.81. The lowest BCUT2D eigenvalue weighted by Crippen LogP contribution is -1.78. The molecule has 90 valence electrons. The van der Waals surface area contributed by atoms with Gasteiger partial charge in [0.05, 0.1) is 8.95 Å². The third kappa shape index (κ3) is 4.91. The summed E-state index contributed by atoms with van der Waals surface area (Å²) >= 11 is 5.91. The fraction of sp³-hybridized carbons (Fsp3) is 0. The molecule has 0 aromatic heterocycles. The highest BCUT2D eigenvalue weighted by Crippen LogP contribution is 2.15. The highest BCUT2D eigenvalue weighted by atomic mass is 79.9. The average Bonchev–Trinajstić information content (AvgIpc) is 2.29. The highest BCUT2D eigenvalue weighted by Gasteiger charge is 1.97. The summed E-state index contributed by atoms with van der Waals surface area (Å²) in [6, 6.07) is 9.83. The van der Waals surface area contributed by atoms with Crippen LogP contribution >= 0.6 is 31.9 Å². The van der Waals surface area contributed by atoms with Gasteiger partial charge in [0.2, 0.25) is 0 Å². The number of benzene rings is 2. The van der Waals surface area contributed by atoms with Crippen LogP contribution in [0.5, 0.6) is 0 Å². The Balaban J connectivity index is 0.000000171. The monoisotopic (exact) mass is 366 g/mol. The predicted molar refractivity (Wildman–Crippen MR) is 68.2 cm³/mol. The topological polar surface area (TPSA) is 0 Å². The second-order valence-corrected chi connectivity index (χ2v) is 4.68. The van der Waals surface area contributed by atoms with Gasteiger partial charge in [-0.2, -0.15) is 0 Å². The molecule has 0 N–H and O–H groups in total. The molecule has 0 unspecified atom stereocenters. The van der Waals surface area contributed by atoms with Crippen LogP contribution in [0.2, 0.25) is 0 Å². The molecule has 0 aliphatic carbocycles. The van der Waals surface area contributed by atoms with Crippen molar-refractivity contribution in [1.29, 1.82) is 0 Å². The third-order valence-corrected chi connectivity index (χ3v) is 2.99. The summed E-state index contributed by atoms with van der Waals surface area (Å²) in [4.78, 5) is 0. The Morgan fingerprint density at radius 2 is 1.29 bits per heavy atom. The van der Waals surface area contributed by atoms with E-state index in [0.29, 0.717) is 4.47 Å². The summed E-state index contributed by atoms with van der Waals surface area (Å²) in [5, 5.41) is 0. The van der Waals surface area contributed by atoms with Gasteiger partial charge in [-0.05, 0) is 56.1 Å². The number of hydrogen-bond donors (Lipinski definition) is 0. The molecular formula is C12H7Br2F3. The molecular weight excluding hydrogens is 361 g/mol. The van der Waals surface area contributed by atoms with Gasteiger partial charge in [0.15, 0.2) is 0 Å². The van der Waals surface area contributed by atoms with Crippen molar-refractivity contribution in [1.82, 2.24) is 0 Å². The zero-order valence-corrected chi connectivity index (χ0v) is 11.6. The minimum absolute atomic E-state index is 0.215. The van der Waals surface area contributed by atoms with Crippen LogP contribution in [-0.2, 0) is 0 Å². The van der Waals surface area contributed by atoms with Gasteiger partial charge in [0.25, 0.3) is 0 Å². The van der Waals surface area contributed by atoms with Crippen molar-refractivity contribution in [2.75, 3.05) is 0 Å². The fourth-order valence-corrected chi connectivity index (χ4v) is 1.44. The number of halogens is 5. The number of hydrogen-bond acceptors (Lipinski definition) is 0. The quantitative estimate of drug-likeness (QED) is 0.553. The Labute approximate surface area is 114 Å². The molecule has 0 saturated carbocycles. The van der Waals surface area contributed by atoms with E-state index in [-0.39, 0.29) is 10.3 Å². The molecule has 0 saturated heterocycles. The van der Waals surface area contributed by atoms with Crippen LogP contribution in [0, 0.1) is 17.5 Å². The minimum atomic E-state index is -0.574. The second-order valence-electron chi connectivity index (χ2n) is 2.97. The van der Waals surface area contributed by atoms with Crippen molar-refractivity contribution in [2.45, 2.75) is 0 Å². The van der Waals surface area contributed by atoms with Gasteiger partial charge in [0, 0.05) is 6.07 Å². The Morgan fingerprint density at radius 3 is 1.71 bits per heavy atom. The van der Waals surface area contributed by atoms with E-state index in [1.54, 1.807) is 18.2 Å². The lowest BCUT2D eigenvalue weighted by Gasteiger charge is -1.90. The largest absolute Gasteiger partial charge is 0.207 e. The molecule has 0 bridgehead atoms. The first kappa shape index (κ1) is 14.3. The lowest BCUT2D eigenvalue weighted by atomic mass is 10.3.